The van der Waals surface area contributed by atoms with Gasteiger partial charge in [-0.1, -0.05) is 18.2 Å². The molecular formula is C12H14N2O. The molecule has 0 aromatic heterocycles. The number of hydrogen-bond donors (Lipinski definition) is 2. The van der Waals surface area contributed by atoms with Crippen molar-refractivity contribution in [2.24, 2.45) is 4.99 Å². The number of rotatable bonds is 0. The Hall–Kier alpha value is -1.19. The number of para-hydroxylation sites is 1. The highest BCUT2D eigenvalue weighted by Gasteiger charge is 2.53. The first kappa shape index (κ1) is 9.07. The second-order valence-electron chi connectivity index (χ2n) is 4.50. The zero-order chi connectivity index (χ0) is 10.5. The Morgan fingerprint density at radius 2 is 2.20 bits per heavy atom. The van der Waals surface area contributed by atoms with Crippen LogP contribution in [0.5, 0.6) is 0 Å². The Morgan fingerprint density at radius 3 is 2.93 bits per heavy atom. The second-order valence-corrected chi connectivity index (χ2v) is 4.50. The van der Waals surface area contributed by atoms with Gasteiger partial charge in [0.05, 0.1) is 11.1 Å². The van der Waals surface area contributed by atoms with Crippen molar-refractivity contribution in [2.75, 3.05) is 6.54 Å². The summed E-state index contributed by atoms with van der Waals surface area (Å²) in [4.78, 5) is 4.41. The lowest BCUT2D eigenvalue weighted by molar-refractivity contribution is 0.00906. The first-order valence-electron chi connectivity index (χ1n) is 5.28. The summed E-state index contributed by atoms with van der Waals surface area (Å²) in [6.45, 7) is 2.65. The lowest BCUT2D eigenvalue weighted by atomic mass is 9.74. The zero-order valence-electron chi connectivity index (χ0n) is 8.70. The van der Waals surface area contributed by atoms with Crippen LogP contribution in [0.15, 0.2) is 29.3 Å². The largest absolute Gasteiger partial charge is 0.375 e. The van der Waals surface area contributed by atoms with Crippen LogP contribution in [0.4, 0.5) is 5.69 Å². The fourth-order valence-corrected chi connectivity index (χ4v) is 2.70. The number of fused-ring (bicyclic) bond motifs is 2. The van der Waals surface area contributed by atoms with Crippen LogP contribution < -0.4 is 5.32 Å². The van der Waals surface area contributed by atoms with Crippen molar-refractivity contribution in [3.63, 3.8) is 0 Å². The highest BCUT2D eigenvalue weighted by Crippen LogP contribution is 2.47. The summed E-state index contributed by atoms with van der Waals surface area (Å²) in [6, 6.07) is 8.04. The first-order valence-corrected chi connectivity index (χ1v) is 5.28. The van der Waals surface area contributed by atoms with E-state index in [2.05, 4.69) is 16.4 Å². The molecule has 0 aliphatic carbocycles. The van der Waals surface area contributed by atoms with Gasteiger partial charge < -0.3 is 5.11 Å². The van der Waals surface area contributed by atoms with Gasteiger partial charge in [0, 0.05) is 6.21 Å². The Labute approximate surface area is 88.8 Å². The van der Waals surface area contributed by atoms with Gasteiger partial charge in [0.25, 0.3) is 0 Å². The summed E-state index contributed by atoms with van der Waals surface area (Å²) in [5.74, 6) is 0. The summed E-state index contributed by atoms with van der Waals surface area (Å²) in [5.41, 5.74) is 0.911. The van der Waals surface area contributed by atoms with Crippen molar-refractivity contribution in [1.82, 2.24) is 5.32 Å². The smallest absolute Gasteiger partial charge is 0.128 e. The lowest BCUT2D eigenvalue weighted by Gasteiger charge is -2.34. The molecule has 1 spiro atoms. The molecule has 2 aliphatic heterocycles. The van der Waals surface area contributed by atoms with Crippen molar-refractivity contribution in [3.8, 4) is 0 Å². The standard InChI is InChI=1S/C12H14N2O/c1-11(15)12(6-7-14-11)8-13-10-5-3-2-4-9(10)12/h2-5,8,14-15H,6-7H2,1H3. The van der Waals surface area contributed by atoms with E-state index in [4.69, 9.17) is 0 Å². The molecule has 3 heteroatoms. The lowest BCUT2D eigenvalue weighted by Crippen LogP contribution is -2.52. The molecule has 1 saturated heterocycles. The SMILES string of the molecule is CC1(O)NCCC12C=Nc1ccccc12. The fraction of sp³-hybridized carbons (Fsp3) is 0.417. The first-order chi connectivity index (χ1) is 7.16. The van der Waals surface area contributed by atoms with Gasteiger partial charge in [0.2, 0.25) is 0 Å². The van der Waals surface area contributed by atoms with Crippen LogP contribution in [0.1, 0.15) is 18.9 Å². The molecule has 0 radical (unpaired) electrons. The van der Waals surface area contributed by atoms with Crippen LogP contribution in [0.25, 0.3) is 0 Å². The van der Waals surface area contributed by atoms with Crippen molar-refractivity contribution in [1.29, 1.82) is 0 Å². The molecule has 0 saturated carbocycles. The third-order valence-electron chi connectivity index (χ3n) is 3.67. The Balaban J connectivity index is 2.21. The molecule has 1 aromatic carbocycles. The van der Waals surface area contributed by atoms with E-state index in [1.165, 1.54) is 0 Å². The fourth-order valence-electron chi connectivity index (χ4n) is 2.70. The topological polar surface area (TPSA) is 44.6 Å². The predicted molar refractivity (Wildman–Crippen MR) is 59.5 cm³/mol. The van der Waals surface area contributed by atoms with Gasteiger partial charge in [0.1, 0.15) is 5.72 Å². The monoisotopic (exact) mass is 202 g/mol. The third-order valence-corrected chi connectivity index (χ3v) is 3.67. The van der Waals surface area contributed by atoms with Crippen LogP contribution >= 0.6 is 0 Å². The van der Waals surface area contributed by atoms with Crippen LogP contribution in [0.2, 0.25) is 0 Å². The quantitative estimate of drug-likeness (QED) is 0.667. The molecule has 2 N–H and O–H groups in total. The van der Waals surface area contributed by atoms with E-state index in [9.17, 15) is 5.11 Å². The average Bonchev–Trinajstić information content (AvgIpc) is 2.72. The maximum absolute atomic E-state index is 10.4. The molecule has 2 heterocycles. The van der Waals surface area contributed by atoms with E-state index in [1.54, 1.807) is 0 Å². The number of nitrogens with zero attached hydrogens (tertiary/aromatic N) is 1. The summed E-state index contributed by atoms with van der Waals surface area (Å²) < 4.78 is 0. The van der Waals surface area contributed by atoms with Gasteiger partial charge in [-0.25, -0.2) is 0 Å². The molecule has 2 atom stereocenters. The second kappa shape index (κ2) is 2.68. The number of benzene rings is 1. The number of hydrogen-bond acceptors (Lipinski definition) is 3. The molecule has 2 unspecified atom stereocenters. The van der Waals surface area contributed by atoms with E-state index in [-0.39, 0.29) is 5.41 Å². The Kier molecular flexibility index (Phi) is 1.62. The highest BCUT2D eigenvalue weighted by molar-refractivity contribution is 5.87. The molecule has 3 nitrogen and oxygen atoms in total. The molecule has 3 rings (SSSR count). The number of nitrogens with one attached hydrogen (secondary N) is 1. The number of aliphatic hydroxyl groups is 1. The van der Waals surface area contributed by atoms with Gasteiger partial charge in [-0.05, 0) is 31.5 Å². The molecule has 0 amide bonds. The molecule has 78 valence electrons. The molecule has 0 bridgehead atoms. The maximum atomic E-state index is 10.4. The predicted octanol–water partition coefficient (Wildman–Crippen LogP) is 1.34. The van der Waals surface area contributed by atoms with Gasteiger partial charge in [-0.2, -0.15) is 0 Å². The summed E-state index contributed by atoms with van der Waals surface area (Å²) in [5, 5.41) is 13.5. The van der Waals surface area contributed by atoms with Crippen molar-refractivity contribution in [3.05, 3.63) is 29.8 Å². The van der Waals surface area contributed by atoms with E-state index < -0.39 is 5.72 Å². The van der Waals surface area contributed by atoms with E-state index >= 15 is 0 Å². The molecule has 15 heavy (non-hydrogen) atoms. The minimum Gasteiger partial charge on any atom is -0.375 e. The van der Waals surface area contributed by atoms with Crippen molar-refractivity contribution < 1.29 is 5.11 Å². The van der Waals surface area contributed by atoms with Gasteiger partial charge in [-0.3, -0.25) is 10.3 Å². The van der Waals surface area contributed by atoms with E-state index in [1.807, 2.05) is 31.3 Å². The van der Waals surface area contributed by atoms with Crippen LogP contribution in [0.3, 0.4) is 0 Å². The van der Waals surface area contributed by atoms with Crippen LogP contribution in [-0.2, 0) is 5.41 Å². The summed E-state index contributed by atoms with van der Waals surface area (Å²) in [6.07, 6.45) is 2.80. The number of aliphatic imine (C=N–C) groups is 1. The third kappa shape index (κ3) is 0.994. The van der Waals surface area contributed by atoms with Crippen LogP contribution in [-0.4, -0.2) is 23.6 Å². The van der Waals surface area contributed by atoms with Crippen LogP contribution in [0, 0.1) is 0 Å². The summed E-state index contributed by atoms with van der Waals surface area (Å²) >= 11 is 0. The van der Waals surface area contributed by atoms with Gasteiger partial charge in [-0.15, -0.1) is 0 Å². The molecule has 2 aliphatic rings. The van der Waals surface area contributed by atoms with Gasteiger partial charge in [0.15, 0.2) is 0 Å². The normalized spacial score (nSPS) is 37.5. The van der Waals surface area contributed by atoms with E-state index in [0.29, 0.717) is 0 Å². The average molecular weight is 202 g/mol. The molecular weight excluding hydrogens is 188 g/mol. The minimum atomic E-state index is -0.886. The van der Waals surface area contributed by atoms with Crippen molar-refractivity contribution in [2.45, 2.75) is 24.5 Å². The Morgan fingerprint density at radius 1 is 1.40 bits per heavy atom. The highest BCUT2D eigenvalue weighted by atomic mass is 16.3. The molecule has 1 fully saturated rings. The summed E-state index contributed by atoms with van der Waals surface area (Å²) in [7, 11) is 0. The minimum absolute atomic E-state index is 0.330. The molecule has 1 aromatic rings. The zero-order valence-corrected chi connectivity index (χ0v) is 8.70. The van der Waals surface area contributed by atoms with Crippen molar-refractivity contribution >= 4 is 11.9 Å². The maximum Gasteiger partial charge on any atom is 0.128 e. The van der Waals surface area contributed by atoms with Gasteiger partial charge >= 0.3 is 0 Å². The Bertz CT molecular complexity index is 439. The van der Waals surface area contributed by atoms with E-state index in [0.717, 1.165) is 24.2 Å².